The first-order valence-corrected chi connectivity index (χ1v) is 17.4. The van der Waals surface area contributed by atoms with Gasteiger partial charge in [0.1, 0.15) is 17.5 Å². The van der Waals surface area contributed by atoms with Crippen LogP contribution < -0.4 is 4.72 Å². The van der Waals surface area contributed by atoms with Crippen LogP contribution in [-0.4, -0.2) is 74.0 Å². The Balaban J connectivity index is 1.23. The van der Waals surface area contributed by atoms with Crippen molar-refractivity contribution in [2.24, 2.45) is 4.99 Å². The van der Waals surface area contributed by atoms with Gasteiger partial charge in [-0.05, 0) is 43.2 Å². The van der Waals surface area contributed by atoms with E-state index in [0.717, 1.165) is 12.3 Å². The van der Waals surface area contributed by atoms with Gasteiger partial charge in [-0.1, -0.05) is 23.7 Å². The molecule has 0 aliphatic carbocycles. The maximum Gasteiger partial charge on any atom is 0.333 e. The Morgan fingerprint density at radius 3 is 2.57 bits per heavy atom. The lowest BCUT2D eigenvalue weighted by molar-refractivity contribution is -0.0136. The smallest absolute Gasteiger partial charge is 0.333 e. The van der Waals surface area contributed by atoms with Gasteiger partial charge in [-0.15, -0.1) is 11.3 Å². The van der Waals surface area contributed by atoms with E-state index in [0.29, 0.717) is 38.1 Å². The van der Waals surface area contributed by atoms with Crippen LogP contribution in [0, 0.1) is 5.82 Å². The molecule has 0 amide bonds. The zero-order chi connectivity index (χ0) is 32.9. The van der Waals surface area contributed by atoms with Crippen molar-refractivity contribution in [3.8, 4) is 0 Å². The molecule has 1 aromatic carbocycles. The molecule has 1 unspecified atom stereocenters. The van der Waals surface area contributed by atoms with E-state index in [1.165, 1.54) is 33.8 Å². The largest absolute Gasteiger partial charge is 0.383 e. The lowest BCUT2D eigenvalue weighted by atomic mass is 9.89. The van der Waals surface area contributed by atoms with Gasteiger partial charge in [-0.3, -0.25) is 9.98 Å². The molecule has 2 atom stereocenters. The normalized spacial score (nSPS) is 21.7. The number of rotatable bonds is 8. The second kappa shape index (κ2) is 12.4. The summed E-state index contributed by atoms with van der Waals surface area (Å²) in [7, 11) is -4.01. The first-order valence-electron chi connectivity index (χ1n) is 14.7. The molecule has 0 spiro atoms. The Hall–Kier alpha value is -3.67. The number of piperidine rings is 1. The fraction of sp³-hybridized carbons (Fsp3) is 0.333. The quantitative estimate of drug-likeness (QED) is 0.272. The van der Waals surface area contributed by atoms with Crippen molar-refractivity contribution >= 4 is 44.6 Å². The van der Waals surface area contributed by atoms with Crippen LogP contribution in [0.5, 0.6) is 0 Å². The van der Waals surface area contributed by atoms with Crippen molar-refractivity contribution in [2.75, 3.05) is 19.6 Å². The van der Waals surface area contributed by atoms with E-state index in [9.17, 15) is 26.7 Å². The zero-order valence-corrected chi connectivity index (χ0v) is 26.9. The third-order valence-electron chi connectivity index (χ3n) is 8.57. The van der Waals surface area contributed by atoms with Crippen LogP contribution in [-0.2, 0) is 15.8 Å². The minimum Gasteiger partial charge on any atom is -0.383 e. The number of hydrogen-bond acceptors (Lipinski definition) is 9. The van der Waals surface area contributed by atoms with Crippen molar-refractivity contribution in [1.29, 1.82) is 0 Å². The summed E-state index contributed by atoms with van der Waals surface area (Å²) in [6.45, 7) is -2.56. The minimum atomic E-state index is -4.01. The van der Waals surface area contributed by atoms with Gasteiger partial charge in [0.2, 0.25) is 0 Å². The molecular formula is C30H28ClF3N8O3S2. The summed E-state index contributed by atoms with van der Waals surface area (Å²) in [4.78, 5) is 15.5. The Morgan fingerprint density at radius 1 is 1.11 bits per heavy atom. The van der Waals surface area contributed by atoms with E-state index in [-0.39, 0.29) is 49.6 Å². The summed E-state index contributed by atoms with van der Waals surface area (Å²) in [5.41, 5.74) is 0.929. The number of amidine groups is 1. The van der Waals surface area contributed by atoms with Crippen LogP contribution in [0.2, 0.25) is 5.02 Å². The van der Waals surface area contributed by atoms with E-state index in [4.69, 9.17) is 16.6 Å². The SMILES string of the molecule is O=S(=O)(NC1CC2=C(c3ccn(C(F)F)n3)[C@H](c3ccc(F)cc3Cl)N=C(c3nccs3)N2C1)N1CCC(O)(c2ccccn2)CC1. The molecule has 2 saturated heterocycles. The van der Waals surface area contributed by atoms with E-state index in [1.807, 2.05) is 4.90 Å². The van der Waals surface area contributed by atoms with Gasteiger partial charge >= 0.3 is 6.55 Å². The molecule has 0 saturated carbocycles. The topological polar surface area (TPSA) is 129 Å². The Bertz CT molecular complexity index is 1950. The molecule has 3 aliphatic heterocycles. The number of alkyl halides is 2. The van der Waals surface area contributed by atoms with Gasteiger partial charge in [0.05, 0.1) is 11.4 Å². The molecule has 17 heteroatoms. The Labute approximate surface area is 277 Å². The van der Waals surface area contributed by atoms with Gasteiger partial charge in [0.15, 0.2) is 10.8 Å². The highest BCUT2D eigenvalue weighted by atomic mass is 35.5. The first-order chi connectivity index (χ1) is 22.5. The molecule has 0 radical (unpaired) electrons. The molecule has 2 N–H and O–H groups in total. The maximum absolute atomic E-state index is 14.1. The van der Waals surface area contributed by atoms with Crippen molar-refractivity contribution in [2.45, 2.75) is 43.5 Å². The molecule has 2 fully saturated rings. The molecule has 3 aromatic heterocycles. The standard InChI is InChI=1S/C30H28ClF3N8O3S2/c31-21-15-18(32)4-5-20(21)26-25(22-6-11-42(38-22)29(33)34)23-16-19(17-41(23)27(37-26)28-36-10-14-46-28)39-47(44,45)40-12-7-30(43,8-13-40)24-3-1-2-9-35-24/h1-6,9-11,14-15,19,26,29,39,43H,7-8,12-13,16-17H2/t19?,26-/m0/s1. The highest BCUT2D eigenvalue weighted by molar-refractivity contribution is 7.87. The summed E-state index contributed by atoms with van der Waals surface area (Å²) in [6, 6.07) is 9.05. The van der Waals surface area contributed by atoms with E-state index in [1.54, 1.807) is 36.0 Å². The van der Waals surface area contributed by atoms with Crippen LogP contribution in [0.4, 0.5) is 13.2 Å². The summed E-state index contributed by atoms with van der Waals surface area (Å²) < 4.78 is 73.4. The number of nitrogens with zero attached hydrogens (tertiary/aromatic N) is 7. The number of fused-ring (bicyclic) bond motifs is 1. The molecule has 7 rings (SSSR count). The van der Waals surface area contributed by atoms with Gasteiger partial charge in [-0.2, -0.15) is 31.3 Å². The van der Waals surface area contributed by atoms with Gasteiger partial charge in [-0.25, -0.2) is 14.1 Å². The van der Waals surface area contributed by atoms with Crippen LogP contribution >= 0.6 is 22.9 Å². The number of nitrogens with one attached hydrogen (secondary N) is 1. The van der Waals surface area contributed by atoms with Crippen LogP contribution in [0.3, 0.4) is 0 Å². The number of thiazole rings is 1. The number of aliphatic hydroxyl groups is 1. The molecule has 47 heavy (non-hydrogen) atoms. The Kier molecular flexibility index (Phi) is 8.42. The fourth-order valence-corrected chi connectivity index (χ4v) is 8.61. The summed E-state index contributed by atoms with van der Waals surface area (Å²) in [5.74, 6) is -0.111. The number of hydrogen-bond donors (Lipinski definition) is 2. The predicted molar refractivity (Wildman–Crippen MR) is 169 cm³/mol. The van der Waals surface area contributed by atoms with E-state index < -0.39 is 40.3 Å². The highest BCUT2D eigenvalue weighted by Gasteiger charge is 2.44. The second-order valence-corrected chi connectivity index (χ2v) is 14.5. The summed E-state index contributed by atoms with van der Waals surface area (Å²) in [6.07, 6.45) is 4.87. The molecule has 6 heterocycles. The minimum absolute atomic E-state index is 0.0782. The highest BCUT2D eigenvalue weighted by Crippen LogP contribution is 2.46. The van der Waals surface area contributed by atoms with E-state index in [2.05, 4.69) is 19.8 Å². The van der Waals surface area contributed by atoms with E-state index >= 15 is 0 Å². The van der Waals surface area contributed by atoms with Crippen molar-refractivity contribution in [3.05, 3.63) is 105 Å². The molecule has 0 bridgehead atoms. The van der Waals surface area contributed by atoms with Crippen LogP contribution in [0.25, 0.3) is 5.57 Å². The maximum atomic E-state index is 14.1. The van der Waals surface area contributed by atoms with Crippen molar-refractivity contribution < 1.29 is 26.7 Å². The number of halogens is 4. The molecular weight excluding hydrogens is 677 g/mol. The van der Waals surface area contributed by atoms with Crippen LogP contribution in [0.15, 0.2) is 77.1 Å². The predicted octanol–water partition coefficient (Wildman–Crippen LogP) is 4.73. The number of benzene rings is 1. The zero-order valence-electron chi connectivity index (χ0n) is 24.5. The summed E-state index contributed by atoms with van der Waals surface area (Å²) >= 11 is 7.85. The monoisotopic (exact) mass is 704 g/mol. The average Bonchev–Trinajstić information content (AvgIpc) is 3.83. The lowest BCUT2D eigenvalue weighted by Gasteiger charge is -2.37. The van der Waals surface area contributed by atoms with Crippen LogP contribution in [0.1, 0.15) is 53.8 Å². The summed E-state index contributed by atoms with van der Waals surface area (Å²) in [5, 5.41) is 17.7. The van der Waals surface area contributed by atoms with Crippen molar-refractivity contribution in [3.63, 3.8) is 0 Å². The lowest BCUT2D eigenvalue weighted by Crippen LogP contribution is -2.51. The van der Waals surface area contributed by atoms with Crippen molar-refractivity contribution in [1.82, 2.24) is 33.7 Å². The number of aromatic nitrogens is 4. The molecule has 4 aromatic rings. The first kappa shape index (κ1) is 31.9. The fourth-order valence-electron chi connectivity index (χ4n) is 6.31. The van der Waals surface area contributed by atoms with Gasteiger partial charge < -0.3 is 10.0 Å². The second-order valence-electron chi connectivity index (χ2n) is 11.5. The third kappa shape index (κ3) is 6.09. The molecule has 11 nitrogen and oxygen atoms in total. The average molecular weight is 705 g/mol. The van der Waals surface area contributed by atoms with Gasteiger partial charge in [0, 0.05) is 77.9 Å². The third-order valence-corrected chi connectivity index (χ3v) is 11.3. The molecule has 246 valence electrons. The molecule has 3 aliphatic rings. The number of pyridine rings is 1. The van der Waals surface area contributed by atoms with Gasteiger partial charge in [0.25, 0.3) is 10.2 Å². The Morgan fingerprint density at radius 2 is 1.91 bits per heavy atom. The number of aliphatic imine (C=N–C) groups is 1.